The normalized spacial score (nSPS) is 19.9. The van der Waals surface area contributed by atoms with Crippen LogP contribution in [0, 0.1) is 5.41 Å². The molecule has 0 unspecified atom stereocenters. The minimum absolute atomic E-state index is 0.0781. The highest BCUT2D eigenvalue weighted by Crippen LogP contribution is 2.20. The minimum atomic E-state index is 0.0781. The summed E-state index contributed by atoms with van der Waals surface area (Å²) in [6.45, 7) is 0. The highest BCUT2D eigenvalue weighted by Gasteiger charge is 2.17. The first-order valence-corrected chi connectivity index (χ1v) is 4.93. The first-order chi connectivity index (χ1) is 6.75. The molecule has 0 aromatic heterocycles. The van der Waals surface area contributed by atoms with Crippen molar-refractivity contribution in [3.63, 3.8) is 0 Å². The zero-order chi connectivity index (χ0) is 9.97. The van der Waals surface area contributed by atoms with Crippen molar-refractivity contribution in [2.45, 2.75) is 25.3 Å². The Kier molecular flexibility index (Phi) is 2.39. The molecular weight excluding hydrogens is 174 g/mol. The van der Waals surface area contributed by atoms with Gasteiger partial charge in [0.15, 0.2) is 5.96 Å². The fourth-order valence-corrected chi connectivity index (χ4v) is 2.04. The van der Waals surface area contributed by atoms with E-state index in [1.165, 1.54) is 11.1 Å². The topological polar surface area (TPSA) is 61.9 Å². The molecule has 1 aliphatic rings. The summed E-state index contributed by atoms with van der Waals surface area (Å²) in [6, 6.07) is 8.82. The summed E-state index contributed by atoms with van der Waals surface area (Å²) in [5, 5.41) is 10.2. The molecule has 14 heavy (non-hydrogen) atoms. The van der Waals surface area contributed by atoms with Crippen molar-refractivity contribution in [2.75, 3.05) is 0 Å². The van der Waals surface area contributed by atoms with Crippen LogP contribution < -0.4 is 11.1 Å². The molecule has 0 spiro atoms. The van der Waals surface area contributed by atoms with Crippen molar-refractivity contribution in [1.82, 2.24) is 5.32 Å². The Morgan fingerprint density at radius 1 is 1.36 bits per heavy atom. The van der Waals surface area contributed by atoms with Crippen molar-refractivity contribution in [3.05, 3.63) is 35.4 Å². The predicted molar refractivity (Wildman–Crippen MR) is 57.3 cm³/mol. The zero-order valence-corrected chi connectivity index (χ0v) is 8.09. The van der Waals surface area contributed by atoms with Crippen LogP contribution >= 0.6 is 0 Å². The monoisotopic (exact) mass is 189 g/mol. The van der Waals surface area contributed by atoms with E-state index in [0.29, 0.717) is 6.04 Å². The van der Waals surface area contributed by atoms with Gasteiger partial charge in [-0.05, 0) is 30.4 Å². The first-order valence-electron chi connectivity index (χ1n) is 4.93. The molecule has 1 aromatic rings. The van der Waals surface area contributed by atoms with Crippen LogP contribution in [0.1, 0.15) is 17.5 Å². The number of benzene rings is 1. The predicted octanol–water partition coefficient (Wildman–Crippen LogP) is 1.03. The Hall–Kier alpha value is -1.51. The summed E-state index contributed by atoms with van der Waals surface area (Å²) in [5.41, 5.74) is 8.14. The SMILES string of the molecule is N=C(N)N[C@H]1CCc2ccccc2C1. The van der Waals surface area contributed by atoms with Gasteiger partial charge in [0.2, 0.25) is 0 Å². The van der Waals surface area contributed by atoms with Gasteiger partial charge in [-0.3, -0.25) is 5.41 Å². The molecule has 1 aromatic carbocycles. The lowest BCUT2D eigenvalue weighted by atomic mass is 9.88. The lowest BCUT2D eigenvalue weighted by Crippen LogP contribution is -2.42. The molecule has 1 atom stereocenters. The largest absolute Gasteiger partial charge is 0.370 e. The Morgan fingerprint density at radius 2 is 2.07 bits per heavy atom. The van der Waals surface area contributed by atoms with Gasteiger partial charge in [-0.15, -0.1) is 0 Å². The summed E-state index contributed by atoms with van der Waals surface area (Å²) in [4.78, 5) is 0. The molecule has 0 aliphatic heterocycles. The maximum Gasteiger partial charge on any atom is 0.185 e. The van der Waals surface area contributed by atoms with Gasteiger partial charge >= 0.3 is 0 Å². The van der Waals surface area contributed by atoms with E-state index in [2.05, 4.69) is 29.6 Å². The second-order valence-electron chi connectivity index (χ2n) is 3.77. The quantitative estimate of drug-likeness (QED) is 0.456. The molecule has 0 saturated heterocycles. The zero-order valence-electron chi connectivity index (χ0n) is 8.09. The number of hydrogen-bond acceptors (Lipinski definition) is 1. The number of guanidine groups is 1. The van der Waals surface area contributed by atoms with Crippen LogP contribution in [0.4, 0.5) is 0 Å². The molecule has 74 valence electrons. The van der Waals surface area contributed by atoms with Gasteiger partial charge in [0.05, 0.1) is 0 Å². The van der Waals surface area contributed by atoms with Crippen LogP contribution in [0.5, 0.6) is 0 Å². The Labute approximate surface area is 83.8 Å². The van der Waals surface area contributed by atoms with Crippen molar-refractivity contribution in [2.24, 2.45) is 5.73 Å². The second-order valence-corrected chi connectivity index (χ2v) is 3.77. The van der Waals surface area contributed by atoms with Crippen LogP contribution in [0.25, 0.3) is 0 Å². The molecule has 0 amide bonds. The smallest absolute Gasteiger partial charge is 0.185 e. The van der Waals surface area contributed by atoms with Crippen molar-refractivity contribution in [3.8, 4) is 0 Å². The lowest BCUT2D eigenvalue weighted by molar-refractivity contribution is 0.526. The third kappa shape index (κ3) is 1.87. The number of fused-ring (bicyclic) bond motifs is 1. The summed E-state index contributed by atoms with van der Waals surface area (Å²) >= 11 is 0. The molecule has 0 saturated carbocycles. The Balaban J connectivity index is 2.09. The molecule has 0 bridgehead atoms. The molecule has 4 N–H and O–H groups in total. The van der Waals surface area contributed by atoms with Crippen molar-refractivity contribution < 1.29 is 0 Å². The highest BCUT2D eigenvalue weighted by molar-refractivity contribution is 5.74. The Bertz CT molecular complexity index is 346. The van der Waals surface area contributed by atoms with E-state index in [1.54, 1.807) is 0 Å². The number of hydrogen-bond donors (Lipinski definition) is 3. The average Bonchev–Trinajstić information content (AvgIpc) is 2.17. The van der Waals surface area contributed by atoms with E-state index in [-0.39, 0.29) is 5.96 Å². The third-order valence-electron chi connectivity index (χ3n) is 2.71. The average molecular weight is 189 g/mol. The maximum absolute atomic E-state index is 7.18. The molecule has 1 aliphatic carbocycles. The molecular formula is C11H15N3. The first kappa shape index (κ1) is 9.06. The summed E-state index contributed by atoms with van der Waals surface area (Å²) in [5.74, 6) is 0.0781. The number of nitrogens with two attached hydrogens (primary N) is 1. The lowest BCUT2D eigenvalue weighted by Gasteiger charge is -2.25. The van der Waals surface area contributed by atoms with Crippen LogP contribution in [0.15, 0.2) is 24.3 Å². The van der Waals surface area contributed by atoms with E-state index < -0.39 is 0 Å². The van der Waals surface area contributed by atoms with E-state index in [9.17, 15) is 0 Å². The molecule has 2 rings (SSSR count). The minimum Gasteiger partial charge on any atom is -0.370 e. The van der Waals surface area contributed by atoms with Gasteiger partial charge in [0.1, 0.15) is 0 Å². The molecule has 0 fully saturated rings. The number of rotatable bonds is 1. The van der Waals surface area contributed by atoms with Crippen molar-refractivity contribution >= 4 is 5.96 Å². The van der Waals surface area contributed by atoms with E-state index in [1.807, 2.05) is 0 Å². The van der Waals surface area contributed by atoms with Gasteiger partial charge in [-0.25, -0.2) is 0 Å². The molecule has 0 radical (unpaired) electrons. The van der Waals surface area contributed by atoms with Crippen LogP contribution in [-0.2, 0) is 12.8 Å². The fourth-order valence-electron chi connectivity index (χ4n) is 2.04. The Morgan fingerprint density at radius 3 is 2.79 bits per heavy atom. The number of aryl methyl sites for hydroxylation is 1. The van der Waals surface area contributed by atoms with Gasteiger partial charge < -0.3 is 11.1 Å². The molecule has 3 nitrogen and oxygen atoms in total. The fraction of sp³-hybridized carbons (Fsp3) is 0.364. The van der Waals surface area contributed by atoms with Crippen molar-refractivity contribution in [1.29, 1.82) is 5.41 Å². The molecule has 3 heteroatoms. The van der Waals surface area contributed by atoms with Crippen LogP contribution in [0.2, 0.25) is 0 Å². The van der Waals surface area contributed by atoms with Crippen LogP contribution in [0.3, 0.4) is 0 Å². The number of nitrogens with one attached hydrogen (secondary N) is 2. The molecule has 0 heterocycles. The highest BCUT2D eigenvalue weighted by atomic mass is 15.1. The third-order valence-corrected chi connectivity index (χ3v) is 2.71. The standard InChI is InChI=1S/C11H15N3/c12-11(13)14-10-6-5-8-3-1-2-4-9(8)7-10/h1-4,10H,5-7H2,(H4,12,13,14)/t10-/m0/s1. The van der Waals surface area contributed by atoms with Gasteiger partial charge in [0, 0.05) is 6.04 Å². The van der Waals surface area contributed by atoms with E-state index >= 15 is 0 Å². The van der Waals surface area contributed by atoms with Gasteiger partial charge in [-0.2, -0.15) is 0 Å². The van der Waals surface area contributed by atoms with E-state index in [0.717, 1.165) is 19.3 Å². The van der Waals surface area contributed by atoms with Gasteiger partial charge in [-0.1, -0.05) is 24.3 Å². The summed E-state index contributed by atoms with van der Waals surface area (Å²) < 4.78 is 0. The van der Waals surface area contributed by atoms with E-state index in [4.69, 9.17) is 11.1 Å². The summed E-state index contributed by atoms with van der Waals surface area (Å²) in [7, 11) is 0. The van der Waals surface area contributed by atoms with Crippen LogP contribution in [-0.4, -0.2) is 12.0 Å². The second kappa shape index (κ2) is 3.70. The summed E-state index contributed by atoms with van der Waals surface area (Å²) in [6.07, 6.45) is 3.13. The van der Waals surface area contributed by atoms with Gasteiger partial charge in [0.25, 0.3) is 0 Å². The maximum atomic E-state index is 7.18.